The van der Waals surface area contributed by atoms with Crippen molar-refractivity contribution in [2.24, 2.45) is 0 Å². The minimum absolute atomic E-state index is 0.0448. The molecule has 5 nitrogen and oxygen atoms in total. The molecule has 1 aromatic heterocycles. The van der Waals surface area contributed by atoms with Crippen LogP contribution in [-0.2, 0) is 6.54 Å². The zero-order valence-electron chi connectivity index (χ0n) is 21.7. The maximum atomic E-state index is 13.4. The number of rotatable bonds is 9. The van der Waals surface area contributed by atoms with E-state index in [-0.39, 0.29) is 11.9 Å². The van der Waals surface area contributed by atoms with Crippen LogP contribution in [0.3, 0.4) is 0 Å². The third-order valence-electron chi connectivity index (χ3n) is 8.13. The first-order valence-corrected chi connectivity index (χ1v) is 13.9. The lowest BCUT2D eigenvalue weighted by Crippen LogP contribution is -2.46. The first-order valence-electron chi connectivity index (χ1n) is 13.5. The van der Waals surface area contributed by atoms with E-state index in [1.165, 1.54) is 12.8 Å². The van der Waals surface area contributed by atoms with Gasteiger partial charge < -0.3 is 14.0 Å². The molecule has 2 aliphatic rings. The minimum Gasteiger partial charge on any atom is -0.495 e. The zero-order valence-corrected chi connectivity index (χ0v) is 22.4. The lowest BCUT2D eigenvalue weighted by molar-refractivity contribution is 0.0482. The van der Waals surface area contributed by atoms with Gasteiger partial charge in [-0.15, -0.1) is 0 Å². The molecule has 4 aromatic rings. The summed E-state index contributed by atoms with van der Waals surface area (Å²) in [5.41, 5.74) is 2.42. The van der Waals surface area contributed by atoms with E-state index in [1.54, 1.807) is 7.11 Å². The van der Waals surface area contributed by atoms with Gasteiger partial charge in [-0.3, -0.25) is 9.69 Å². The highest BCUT2D eigenvalue weighted by molar-refractivity contribution is 6.30. The van der Waals surface area contributed by atoms with E-state index in [1.807, 2.05) is 79.0 Å². The topological polar surface area (TPSA) is 43.7 Å². The van der Waals surface area contributed by atoms with E-state index in [0.29, 0.717) is 17.6 Å². The smallest absolute Gasteiger partial charge is 0.195 e. The third-order valence-corrected chi connectivity index (χ3v) is 8.39. The van der Waals surface area contributed by atoms with E-state index in [2.05, 4.69) is 9.47 Å². The van der Waals surface area contributed by atoms with Gasteiger partial charge in [0.05, 0.1) is 12.6 Å². The Morgan fingerprint density at radius 2 is 1.66 bits per heavy atom. The molecule has 0 saturated carbocycles. The van der Waals surface area contributed by atoms with E-state index < -0.39 is 0 Å². The molecular formula is C32H33ClN2O3. The number of aromatic nitrogens is 1. The molecule has 3 heterocycles. The van der Waals surface area contributed by atoms with Gasteiger partial charge in [0.15, 0.2) is 5.78 Å². The van der Waals surface area contributed by atoms with Crippen LogP contribution in [0.15, 0.2) is 79.0 Å². The Labute approximate surface area is 228 Å². The third kappa shape index (κ3) is 4.93. The molecule has 2 saturated heterocycles. The highest BCUT2D eigenvalue weighted by Gasteiger charge is 2.41. The van der Waals surface area contributed by atoms with Crippen LogP contribution >= 0.6 is 11.6 Å². The Balaban J connectivity index is 1.15. The van der Waals surface area contributed by atoms with Gasteiger partial charge in [0, 0.05) is 52.9 Å². The Hall–Kier alpha value is -3.28. The fraction of sp³-hybridized carbons (Fsp3) is 0.344. The molecule has 0 radical (unpaired) electrons. The summed E-state index contributed by atoms with van der Waals surface area (Å²) >= 11 is 6.03. The van der Waals surface area contributed by atoms with Crippen molar-refractivity contribution in [3.63, 3.8) is 0 Å². The van der Waals surface area contributed by atoms with Crippen LogP contribution in [0.1, 0.15) is 48.0 Å². The van der Waals surface area contributed by atoms with Crippen molar-refractivity contribution >= 4 is 28.3 Å². The summed E-state index contributed by atoms with van der Waals surface area (Å²) in [5, 5.41) is 1.68. The normalized spacial score (nSPS) is 21.1. The number of hydrogen-bond acceptors (Lipinski definition) is 4. The molecule has 0 spiro atoms. The van der Waals surface area contributed by atoms with E-state index in [0.717, 1.165) is 65.3 Å². The maximum Gasteiger partial charge on any atom is 0.195 e. The summed E-state index contributed by atoms with van der Waals surface area (Å²) in [6, 6.07) is 24.3. The van der Waals surface area contributed by atoms with E-state index >= 15 is 0 Å². The van der Waals surface area contributed by atoms with Crippen LogP contribution in [-0.4, -0.2) is 47.1 Å². The number of carbonyl (C=O) groups excluding carboxylic acids is 1. The second-order valence-corrected chi connectivity index (χ2v) is 10.9. The van der Waals surface area contributed by atoms with Crippen LogP contribution in [0.2, 0.25) is 5.02 Å². The molecular weight excluding hydrogens is 496 g/mol. The summed E-state index contributed by atoms with van der Waals surface area (Å²) in [6.45, 7) is 1.87. The number of piperidine rings is 1. The van der Waals surface area contributed by atoms with Gasteiger partial charge in [0.25, 0.3) is 0 Å². The van der Waals surface area contributed by atoms with Gasteiger partial charge >= 0.3 is 0 Å². The molecule has 38 heavy (non-hydrogen) atoms. The summed E-state index contributed by atoms with van der Waals surface area (Å²) < 4.78 is 14.2. The van der Waals surface area contributed by atoms with Crippen LogP contribution in [0.4, 0.5) is 0 Å². The van der Waals surface area contributed by atoms with Crippen molar-refractivity contribution in [2.75, 3.05) is 13.7 Å². The fourth-order valence-electron chi connectivity index (χ4n) is 6.41. The lowest BCUT2D eigenvalue weighted by Gasteiger charge is -2.39. The highest BCUT2D eigenvalue weighted by Crippen LogP contribution is 2.38. The van der Waals surface area contributed by atoms with E-state index in [4.69, 9.17) is 21.1 Å². The Bertz CT molecular complexity index is 1400. The second kappa shape index (κ2) is 10.8. The number of halogens is 1. The van der Waals surface area contributed by atoms with Crippen molar-refractivity contribution in [1.29, 1.82) is 0 Å². The summed E-state index contributed by atoms with van der Waals surface area (Å²) in [7, 11) is 1.69. The molecule has 2 atom stereocenters. The van der Waals surface area contributed by atoms with Crippen molar-refractivity contribution in [1.82, 2.24) is 9.47 Å². The molecule has 196 valence electrons. The molecule has 2 bridgehead atoms. The first-order chi connectivity index (χ1) is 18.6. The second-order valence-electron chi connectivity index (χ2n) is 10.4. The molecule has 0 amide bonds. The maximum absolute atomic E-state index is 13.4. The molecule has 0 N–H and O–H groups in total. The van der Waals surface area contributed by atoms with Crippen LogP contribution in [0.25, 0.3) is 10.9 Å². The molecule has 6 heteroatoms. The van der Waals surface area contributed by atoms with Gasteiger partial charge in [-0.05, 0) is 62.4 Å². The van der Waals surface area contributed by atoms with Crippen molar-refractivity contribution in [2.45, 2.75) is 56.8 Å². The van der Waals surface area contributed by atoms with Gasteiger partial charge in [-0.1, -0.05) is 54.1 Å². The van der Waals surface area contributed by atoms with Crippen molar-refractivity contribution in [3.05, 3.63) is 95.1 Å². The first kappa shape index (κ1) is 25.0. The SMILES string of the molecule is COc1cccc2c(C(=O)c3ccccc3)cn(CCCN3C4CCC3CC(Oc3ccc(Cl)cc3)C4)c12. The van der Waals surface area contributed by atoms with Crippen LogP contribution in [0, 0.1) is 0 Å². The summed E-state index contributed by atoms with van der Waals surface area (Å²) in [4.78, 5) is 16.1. The number of aryl methyl sites for hydroxylation is 1. The molecule has 2 fully saturated rings. The molecule has 2 aliphatic heterocycles. The van der Waals surface area contributed by atoms with Gasteiger partial charge in [-0.25, -0.2) is 0 Å². The average molecular weight is 529 g/mol. The number of fused-ring (bicyclic) bond motifs is 3. The van der Waals surface area contributed by atoms with Crippen LogP contribution < -0.4 is 9.47 Å². The monoisotopic (exact) mass is 528 g/mol. The average Bonchev–Trinajstić information content (AvgIpc) is 3.43. The number of para-hydroxylation sites is 1. The Morgan fingerprint density at radius 3 is 2.37 bits per heavy atom. The van der Waals surface area contributed by atoms with Gasteiger partial charge in [0.1, 0.15) is 17.6 Å². The Kier molecular flexibility index (Phi) is 7.14. The lowest BCUT2D eigenvalue weighted by atomic mass is 9.99. The van der Waals surface area contributed by atoms with Gasteiger partial charge in [-0.2, -0.15) is 0 Å². The minimum atomic E-state index is 0.0448. The zero-order chi connectivity index (χ0) is 26.1. The molecule has 2 unspecified atom stereocenters. The fourth-order valence-corrected chi connectivity index (χ4v) is 6.53. The van der Waals surface area contributed by atoms with Crippen molar-refractivity contribution < 1.29 is 14.3 Å². The predicted molar refractivity (Wildman–Crippen MR) is 152 cm³/mol. The predicted octanol–water partition coefficient (Wildman–Crippen LogP) is 7.00. The Morgan fingerprint density at radius 1 is 0.921 bits per heavy atom. The standard InChI is InChI=1S/C32H33ClN2O3/c1-37-30-10-5-9-28-29(32(36)22-7-3-2-4-8-22)21-34(31(28)30)17-6-18-35-24-13-14-25(35)20-27(19-24)38-26-15-11-23(33)12-16-26/h2-5,7-12,15-16,21,24-25,27H,6,13-14,17-20H2,1H3. The number of benzene rings is 3. The quantitative estimate of drug-likeness (QED) is 0.219. The van der Waals surface area contributed by atoms with Crippen LogP contribution in [0.5, 0.6) is 11.5 Å². The number of hydrogen-bond donors (Lipinski definition) is 0. The summed E-state index contributed by atoms with van der Waals surface area (Å²) in [6.07, 6.45) is 7.89. The van der Waals surface area contributed by atoms with Crippen molar-refractivity contribution in [3.8, 4) is 11.5 Å². The number of nitrogens with zero attached hydrogens (tertiary/aromatic N) is 2. The number of carbonyl (C=O) groups is 1. The molecule has 6 rings (SSSR count). The van der Waals surface area contributed by atoms with Gasteiger partial charge in [0.2, 0.25) is 0 Å². The number of ether oxygens (including phenoxy) is 2. The molecule has 0 aliphatic carbocycles. The van der Waals surface area contributed by atoms with E-state index in [9.17, 15) is 4.79 Å². The highest BCUT2D eigenvalue weighted by atomic mass is 35.5. The molecule has 3 aromatic carbocycles. The number of ketones is 1. The number of methoxy groups -OCH3 is 1. The largest absolute Gasteiger partial charge is 0.495 e. The summed E-state index contributed by atoms with van der Waals surface area (Å²) in [5.74, 6) is 1.75.